The van der Waals surface area contributed by atoms with Gasteiger partial charge in [-0.2, -0.15) is 0 Å². The Hall–Kier alpha value is -2.63. The SMILES string of the molecule is O=C(COC(=O)/C=C/c1ccccc1)NC(=O)NC1CC1. The Morgan fingerprint density at radius 2 is 1.90 bits per heavy atom. The number of benzene rings is 1. The van der Waals surface area contributed by atoms with Gasteiger partial charge in [0, 0.05) is 12.1 Å². The van der Waals surface area contributed by atoms with E-state index in [1.165, 1.54) is 6.08 Å². The average molecular weight is 288 g/mol. The highest BCUT2D eigenvalue weighted by molar-refractivity contribution is 5.96. The van der Waals surface area contributed by atoms with Crippen molar-refractivity contribution in [1.82, 2.24) is 10.6 Å². The van der Waals surface area contributed by atoms with Gasteiger partial charge in [0.05, 0.1) is 0 Å². The fourth-order valence-corrected chi connectivity index (χ4v) is 1.53. The summed E-state index contributed by atoms with van der Waals surface area (Å²) >= 11 is 0. The fraction of sp³-hybridized carbons (Fsp3) is 0.267. The topological polar surface area (TPSA) is 84.5 Å². The lowest BCUT2D eigenvalue weighted by atomic mass is 10.2. The van der Waals surface area contributed by atoms with Crippen LogP contribution in [0.3, 0.4) is 0 Å². The summed E-state index contributed by atoms with van der Waals surface area (Å²) in [6, 6.07) is 8.82. The maximum absolute atomic E-state index is 11.4. The zero-order chi connectivity index (χ0) is 15.1. The summed E-state index contributed by atoms with van der Waals surface area (Å²) in [4.78, 5) is 34.0. The number of esters is 1. The highest BCUT2D eigenvalue weighted by Gasteiger charge is 2.23. The summed E-state index contributed by atoms with van der Waals surface area (Å²) in [6.07, 6.45) is 4.68. The minimum absolute atomic E-state index is 0.161. The van der Waals surface area contributed by atoms with Crippen molar-refractivity contribution in [3.63, 3.8) is 0 Å². The monoisotopic (exact) mass is 288 g/mol. The second-order valence-electron chi connectivity index (χ2n) is 4.65. The number of carbonyl (C=O) groups is 3. The number of imide groups is 1. The number of carbonyl (C=O) groups excluding carboxylic acids is 3. The van der Waals surface area contributed by atoms with Crippen LogP contribution in [0.15, 0.2) is 36.4 Å². The van der Waals surface area contributed by atoms with Crippen molar-refractivity contribution < 1.29 is 19.1 Å². The Bertz CT molecular complexity index is 550. The number of ether oxygens (including phenoxy) is 1. The van der Waals surface area contributed by atoms with Gasteiger partial charge in [-0.05, 0) is 24.5 Å². The normalized spacial score (nSPS) is 13.7. The van der Waals surface area contributed by atoms with E-state index in [4.69, 9.17) is 4.74 Å². The molecular formula is C15H16N2O4. The van der Waals surface area contributed by atoms with E-state index in [-0.39, 0.29) is 6.04 Å². The smallest absolute Gasteiger partial charge is 0.331 e. The number of rotatable bonds is 5. The Morgan fingerprint density at radius 3 is 2.57 bits per heavy atom. The molecule has 1 fully saturated rings. The molecule has 0 aliphatic heterocycles. The van der Waals surface area contributed by atoms with Crippen LogP contribution < -0.4 is 10.6 Å². The molecule has 0 bridgehead atoms. The highest BCUT2D eigenvalue weighted by atomic mass is 16.5. The Labute approximate surface area is 122 Å². The van der Waals surface area contributed by atoms with E-state index in [1.807, 2.05) is 30.3 Å². The summed E-state index contributed by atoms with van der Waals surface area (Å²) in [5.74, 6) is -1.30. The molecule has 21 heavy (non-hydrogen) atoms. The third-order valence-electron chi connectivity index (χ3n) is 2.72. The Morgan fingerprint density at radius 1 is 1.19 bits per heavy atom. The van der Waals surface area contributed by atoms with E-state index >= 15 is 0 Å². The van der Waals surface area contributed by atoms with Gasteiger partial charge in [-0.1, -0.05) is 30.3 Å². The van der Waals surface area contributed by atoms with E-state index in [9.17, 15) is 14.4 Å². The van der Waals surface area contributed by atoms with Crippen molar-refractivity contribution in [3.8, 4) is 0 Å². The van der Waals surface area contributed by atoms with E-state index in [1.54, 1.807) is 6.08 Å². The van der Waals surface area contributed by atoms with Crippen LogP contribution in [0.1, 0.15) is 18.4 Å². The van der Waals surface area contributed by atoms with Crippen LogP contribution in [0.4, 0.5) is 4.79 Å². The molecule has 6 nitrogen and oxygen atoms in total. The minimum Gasteiger partial charge on any atom is -0.452 e. The molecular weight excluding hydrogens is 272 g/mol. The summed E-state index contributed by atoms with van der Waals surface area (Å²) < 4.78 is 4.73. The minimum atomic E-state index is -0.658. The van der Waals surface area contributed by atoms with Crippen LogP contribution in [0.2, 0.25) is 0 Å². The van der Waals surface area contributed by atoms with Crippen molar-refractivity contribution in [2.24, 2.45) is 0 Å². The first-order valence-electron chi connectivity index (χ1n) is 6.64. The van der Waals surface area contributed by atoms with Crippen LogP contribution in [-0.4, -0.2) is 30.6 Å². The van der Waals surface area contributed by atoms with Crippen molar-refractivity contribution in [2.45, 2.75) is 18.9 Å². The molecule has 0 spiro atoms. The molecule has 3 amide bonds. The first-order chi connectivity index (χ1) is 10.1. The van der Waals surface area contributed by atoms with E-state index in [2.05, 4.69) is 10.6 Å². The molecule has 0 unspecified atom stereocenters. The summed E-state index contributed by atoms with van der Waals surface area (Å²) in [6.45, 7) is -0.490. The molecule has 0 saturated heterocycles. The van der Waals surface area contributed by atoms with Gasteiger partial charge in [0.25, 0.3) is 5.91 Å². The summed E-state index contributed by atoms with van der Waals surface area (Å²) in [5, 5.41) is 4.68. The second kappa shape index (κ2) is 7.23. The van der Waals surface area contributed by atoms with Gasteiger partial charge >= 0.3 is 12.0 Å². The lowest BCUT2D eigenvalue weighted by Crippen LogP contribution is -2.42. The van der Waals surface area contributed by atoms with Gasteiger partial charge in [-0.3, -0.25) is 10.1 Å². The fourth-order valence-electron chi connectivity index (χ4n) is 1.53. The summed E-state index contributed by atoms with van der Waals surface area (Å²) in [7, 11) is 0. The van der Waals surface area contributed by atoms with Crippen molar-refractivity contribution in [3.05, 3.63) is 42.0 Å². The zero-order valence-corrected chi connectivity index (χ0v) is 11.4. The first-order valence-corrected chi connectivity index (χ1v) is 6.64. The molecule has 0 radical (unpaired) electrons. The van der Waals surface area contributed by atoms with E-state index in [0.29, 0.717) is 0 Å². The third-order valence-corrected chi connectivity index (χ3v) is 2.72. The first kappa shape index (κ1) is 14.8. The number of hydrogen-bond acceptors (Lipinski definition) is 4. The number of amides is 3. The molecule has 1 saturated carbocycles. The molecule has 1 aliphatic rings. The van der Waals surface area contributed by atoms with Crippen LogP contribution in [0.25, 0.3) is 6.08 Å². The second-order valence-corrected chi connectivity index (χ2v) is 4.65. The molecule has 0 aromatic heterocycles. The van der Waals surface area contributed by atoms with Crippen LogP contribution in [0.5, 0.6) is 0 Å². The predicted molar refractivity (Wildman–Crippen MR) is 76.1 cm³/mol. The maximum Gasteiger partial charge on any atom is 0.331 e. The molecule has 2 rings (SSSR count). The van der Waals surface area contributed by atoms with Gasteiger partial charge in [-0.15, -0.1) is 0 Å². The zero-order valence-electron chi connectivity index (χ0n) is 11.4. The lowest BCUT2D eigenvalue weighted by Gasteiger charge is -2.05. The largest absolute Gasteiger partial charge is 0.452 e. The molecule has 0 heterocycles. The maximum atomic E-state index is 11.4. The van der Waals surface area contributed by atoms with Crippen molar-refractivity contribution in [1.29, 1.82) is 0 Å². The van der Waals surface area contributed by atoms with Crippen LogP contribution in [0, 0.1) is 0 Å². The molecule has 0 atom stereocenters. The number of urea groups is 1. The molecule has 1 aromatic carbocycles. The van der Waals surface area contributed by atoms with Gasteiger partial charge in [-0.25, -0.2) is 9.59 Å². The molecule has 1 aromatic rings. The van der Waals surface area contributed by atoms with Crippen LogP contribution >= 0.6 is 0 Å². The van der Waals surface area contributed by atoms with Crippen molar-refractivity contribution in [2.75, 3.05) is 6.61 Å². The summed E-state index contributed by atoms with van der Waals surface area (Å²) in [5.41, 5.74) is 0.850. The third kappa shape index (κ3) is 5.90. The quantitative estimate of drug-likeness (QED) is 0.630. The number of nitrogens with one attached hydrogen (secondary N) is 2. The van der Waals surface area contributed by atoms with E-state index < -0.39 is 24.5 Å². The van der Waals surface area contributed by atoms with Gasteiger partial charge < -0.3 is 10.1 Å². The van der Waals surface area contributed by atoms with Gasteiger partial charge in [0.2, 0.25) is 0 Å². The van der Waals surface area contributed by atoms with E-state index in [0.717, 1.165) is 18.4 Å². The molecule has 1 aliphatic carbocycles. The van der Waals surface area contributed by atoms with Crippen molar-refractivity contribution >= 4 is 24.0 Å². The molecule has 110 valence electrons. The Kier molecular flexibility index (Phi) is 5.09. The molecule has 6 heteroatoms. The predicted octanol–water partition coefficient (Wildman–Crippen LogP) is 1.23. The Balaban J connectivity index is 1.67. The van der Waals surface area contributed by atoms with Crippen LogP contribution in [-0.2, 0) is 14.3 Å². The van der Waals surface area contributed by atoms with Gasteiger partial charge in [0.1, 0.15) is 0 Å². The number of hydrogen-bond donors (Lipinski definition) is 2. The molecule has 2 N–H and O–H groups in total. The highest BCUT2D eigenvalue weighted by Crippen LogP contribution is 2.18. The standard InChI is InChI=1S/C15H16N2O4/c18-13(17-15(20)16-12-7-8-12)10-21-14(19)9-6-11-4-2-1-3-5-11/h1-6,9,12H,7-8,10H2,(H2,16,17,18,20)/b9-6+. The average Bonchev–Trinajstić information content (AvgIpc) is 3.27. The lowest BCUT2D eigenvalue weighted by molar-refractivity contribution is -0.143. The van der Waals surface area contributed by atoms with Gasteiger partial charge in [0.15, 0.2) is 6.61 Å².